The van der Waals surface area contributed by atoms with Gasteiger partial charge in [0.25, 0.3) is 11.8 Å². The molecule has 0 unspecified atom stereocenters. The van der Waals surface area contributed by atoms with E-state index in [2.05, 4.69) is 37.2 Å². The molecule has 1 heterocycles. The number of amides is 4. The van der Waals surface area contributed by atoms with Gasteiger partial charge in [-0.05, 0) is 59.5 Å². The van der Waals surface area contributed by atoms with Crippen molar-refractivity contribution in [2.45, 2.75) is 6.42 Å². The number of barbiturate groups is 1. The van der Waals surface area contributed by atoms with Crippen LogP contribution in [0.15, 0.2) is 81.2 Å². The maximum atomic E-state index is 14.3. The third-order valence-corrected chi connectivity index (χ3v) is 6.21. The molecule has 32 heavy (non-hydrogen) atoms. The molecule has 0 radical (unpaired) electrons. The van der Waals surface area contributed by atoms with Gasteiger partial charge in [-0.15, -0.1) is 0 Å². The summed E-state index contributed by atoms with van der Waals surface area (Å²) in [5, 5.41) is 2.12. The van der Waals surface area contributed by atoms with Crippen LogP contribution in [-0.4, -0.2) is 17.8 Å². The topological polar surface area (TPSA) is 66.5 Å². The zero-order valence-electron chi connectivity index (χ0n) is 16.4. The third-order valence-electron chi connectivity index (χ3n) is 4.94. The minimum atomic E-state index is -0.995. The molecule has 0 aliphatic carbocycles. The smallest absolute Gasteiger partial charge is 0.273 e. The SMILES string of the molecule is O=C1NC(=O)N(c2ccccc2F)C(=O)/C1=C\c1cc(Br)ccc1Cc1ccccc1Br. The molecule has 0 bridgehead atoms. The molecule has 1 saturated heterocycles. The first-order valence-electron chi connectivity index (χ1n) is 9.53. The highest BCUT2D eigenvalue weighted by Gasteiger charge is 2.38. The molecule has 3 aromatic rings. The molecule has 0 spiro atoms. The predicted octanol–water partition coefficient (Wildman–Crippen LogP) is 5.61. The monoisotopic (exact) mass is 556 g/mol. The van der Waals surface area contributed by atoms with Crippen molar-refractivity contribution in [2.75, 3.05) is 4.90 Å². The summed E-state index contributed by atoms with van der Waals surface area (Å²) in [6.07, 6.45) is 1.97. The van der Waals surface area contributed by atoms with E-state index in [1.807, 2.05) is 36.4 Å². The van der Waals surface area contributed by atoms with Crippen LogP contribution in [0.1, 0.15) is 16.7 Å². The van der Waals surface area contributed by atoms with Gasteiger partial charge in [0.1, 0.15) is 11.4 Å². The van der Waals surface area contributed by atoms with Crippen LogP contribution < -0.4 is 10.2 Å². The van der Waals surface area contributed by atoms with Crippen molar-refractivity contribution in [3.05, 3.63) is 104 Å². The van der Waals surface area contributed by atoms with Crippen molar-refractivity contribution in [1.82, 2.24) is 5.32 Å². The van der Waals surface area contributed by atoms with Crippen LogP contribution in [0.3, 0.4) is 0 Å². The number of hydrogen-bond acceptors (Lipinski definition) is 3. The molecule has 3 aromatic carbocycles. The molecule has 8 heteroatoms. The van der Waals surface area contributed by atoms with Crippen LogP contribution in [0.25, 0.3) is 6.08 Å². The van der Waals surface area contributed by atoms with Crippen molar-refractivity contribution in [3.63, 3.8) is 0 Å². The van der Waals surface area contributed by atoms with E-state index in [1.165, 1.54) is 24.3 Å². The Bertz CT molecular complexity index is 1290. The molecule has 0 aromatic heterocycles. The first-order chi connectivity index (χ1) is 15.3. The quantitative estimate of drug-likeness (QED) is 0.335. The number of nitrogens with one attached hydrogen (secondary N) is 1. The van der Waals surface area contributed by atoms with E-state index in [0.29, 0.717) is 16.9 Å². The molecule has 4 rings (SSSR count). The van der Waals surface area contributed by atoms with Gasteiger partial charge in [0.05, 0.1) is 5.69 Å². The van der Waals surface area contributed by atoms with Gasteiger partial charge >= 0.3 is 6.03 Å². The Morgan fingerprint density at radius 2 is 1.62 bits per heavy atom. The Balaban J connectivity index is 1.77. The van der Waals surface area contributed by atoms with Gasteiger partial charge in [-0.1, -0.05) is 68.3 Å². The lowest BCUT2D eigenvalue weighted by Crippen LogP contribution is -2.54. The van der Waals surface area contributed by atoms with Crippen LogP contribution in [0, 0.1) is 5.82 Å². The fraction of sp³-hybridized carbons (Fsp3) is 0.0417. The number of imide groups is 2. The number of carbonyl (C=O) groups is 3. The summed E-state index contributed by atoms with van der Waals surface area (Å²) >= 11 is 6.96. The Hall–Kier alpha value is -3.10. The van der Waals surface area contributed by atoms with Crippen molar-refractivity contribution in [1.29, 1.82) is 0 Å². The minimum absolute atomic E-state index is 0.226. The number of rotatable bonds is 4. The van der Waals surface area contributed by atoms with E-state index in [1.54, 1.807) is 6.07 Å². The highest BCUT2D eigenvalue weighted by molar-refractivity contribution is 9.10. The number of nitrogens with zero attached hydrogens (tertiary/aromatic N) is 1. The zero-order valence-corrected chi connectivity index (χ0v) is 19.6. The molecule has 1 aliphatic heterocycles. The number of para-hydroxylation sites is 1. The van der Waals surface area contributed by atoms with Gasteiger partial charge in [-0.3, -0.25) is 14.9 Å². The van der Waals surface area contributed by atoms with Gasteiger partial charge in [0.15, 0.2) is 0 Å². The summed E-state index contributed by atoms with van der Waals surface area (Å²) in [5.41, 5.74) is 2.02. The van der Waals surface area contributed by atoms with E-state index >= 15 is 0 Å². The van der Waals surface area contributed by atoms with Crippen LogP contribution in [-0.2, 0) is 16.0 Å². The molecule has 4 amide bonds. The van der Waals surface area contributed by atoms with Gasteiger partial charge in [-0.2, -0.15) is 0 Å². The maximum absolute atomic E-state index is 14.3. The van der Waals surface area contributed by atoms with Crippen molar-refractivity contribution in [3.8, 4) is 0 Å². The van der Waals surface area contributed by atoms with E-state index in [0.717, 1.165) is 26.1 Å². The number of benzene rings is 3. The molecular weight excluding hydrogens is 543 g/mol. The highest BCUT2D eigenvalue weighted by Crippen LogP contribution is 2.28. The lowest BCUT2D eigenvalue weighted by atomic mass is 9.97. The summed E-state index contributed by atoms with van der Waals surface area (Å²) in [6.45, 7) is 0. The summed E-state index contributed by atoms with van der Waals surface area (Å²) in [6, 6.07) is 17.7. The number of carbonyl (C=O) groups excluding carboxylic acids is 3. The third kappa shape index (κ3) is 4.42. The molecule has 160 valence electrons. The van der Waals surface area contributed by atoms with Gasteiger partial charge in [0.2, 0.25) is 0 Å². The average molecular weight is 558 g/mol. The average Bonchev–Trinajstić information content (AvgIpc) is 2.75. The molecular formula is C24H15Br2FN2O3. The minimum Gasteiger partial charge on any atom is -0.273 e. The van der Waals surface area contributed by atoms with Crippen molar-refractivity contribution < 1.29 is 18.8 Å². The predicted molar refractivity (Wildman–Crippen MR) is 126 cm³/mol. The van der Waals surface area contributed by atoms with E-state index < -0.39 is 23.7 Å². The highest BCUT2D eigenvalue weighted by atomic mass is 79.9. The molecule has 1 fully saturated rings. The lowest BCUT2D eigenvalue weighted by Gasteiger charge is -2.26. The first kappa shape index (κ1) is 22.1. The molecule has 0 atom stereocenters. The number of urea groups is 1. The van der Waals surface area contributed by atoms with Crippen LogP contribution in [0.2, 0.25) is 0 Å². The summed E-state index contributed by atoms with van der Waals surface area (Å²) < 4.78 is 16.0. The number of halogens is 3. The Morgan fingerprint density at radius 3 is 2.38 bits per heavy atom. The second-order valence-corrected chi connectivity index (χ2v) is 8.79. The zero-order chi connectivity index (χ0) is 22.8. The second kappa shape index (κ2) is 9.18. The van der Waals surface area contributed by atoms with E-state index in [9.17, 15) is 18.8 Å². The lowest BCUT2D eigenvalue weighted by molar-refractivity contribution is -0.122. The molecule has 1 N–H and O–H groups in total. The summed E-state index contributed by atoms with van der Waals surface area (Å²) in [4.78, 5) is 38.6. The van der Waals surface area contributed by atoms with E-state index in [-0.39, 0.29) is 11.3 Å². The molecule has 0 saturated carbocycles. The van der Waals surface area contributed by atoms with Crippen LogP contribution in [0.5, 0.6) is 0 Å². The van der Waals surface area contributed by atoms with Gasteiger partial charge in [0, 0.05) is 8.95 Å². The van der Waals surface area contributed by atoms with Crippen LogP contribution in [0.4, 0.5) is 14.9 Å². The second-order valence-electron chi connectivity index (χ2n) is 7.02. The van der Waals surface area contributed by atoms with Gasteiger partial charge < -0.3 is 0 Å². The fourth-order valence-electron chi connectivity index (χ4n) is 3.37. The first-order valence-corrected chi connectivity index (χ1v) is 11.1. The van der Waals surface area contributed by atoms with Crippen molar-refractivity contribution >= 4 is 61.5 Å². The number of hydrogen-bond donors (Lipinski definition) is 1. The largest absolute Gasteiger partial charge is 0.336 e. The Kier molecular flexibility index (Phi) is 6.34. The Labute approximate surface area is 200 Å². The Morgan fingerprint density at radius 1 is 0.906 bits per heavy atom. The molecule has 5 nitrogen and oxygen atoms in total. The summed E-state index contributed by atoms with van der Waals surface area (Å²) in [7, 11) is 0. The fourth-order valence-corrected chi connectivity index (χ4v) is 4.18. The van der Waals surface area contributed by atoms with Gasteiger partial charge in [-0.25, -0.2) is 14.1 Å². The van der Waals surface area contributed by atoms with Crippen molar-refractivity contribution in [2.24, 2.45) is 0 Å². The van der Waals surface area contributed by atoms with Crippen LogP contribution >= 0.6 is 31.9 Å². The van der Waals surface area contributed by atoms with E-state index in [4.69, 9.17) is 0 Å². The number of anilines is 1. The normalized spacial score (nSPS) is 15.3. The molecule has 1 aliphatic rings. The standard InChI is InChI=1S/C24H15Br2FN2O3/c25-17-10-9-14(11-15-5-1-2-6-19(15)26)16(12-17)13-18-22(30)28-24(32)29(23(18)31)21-8-4-3-7-20(21)27/h1-10,12-13H,11H2,(H,28,30,32)/b18-13-. The summed E-state index contributed by atoms with van der Waals surface area (Å²) in [5.74, 6) is -2.48. The maximum Gasteiger partial charge on any atom is 0.336 e.